The first-order chi connectivity index (χ1) is 9.75. The highest BCUT2D eigenvalue weighted by molar-refractivity contribution is 7.90. The summed E-state index contributed by atoms with van der Waals surface area (Å²) < 4.78 is 31.0. The molecule has 1 heterocycles. The quantitative estimate of drug-likeness (QED) is 0.716. The molecule has 0 unspecified atom stereocenters. The molecule has 1 aromatic rings. The maximum atomic E-state index is 12.3. The fraction of sp³-hybridized carbons (Fsp3) is 0.714. The Bertz CT molecular complexity index is 615. The first-order valence-corrected chi connectivity index (χ1v) is 8.89. The topological polar surface area (TPSA) is 78.3 Å². The van der Waals surface area contributed by atoms with E-state index in [1.54, 1.807) is 16.9 Å². The van der Waals surface area contributed by atoms with Crippen LogP contribution in [0, 0.1) is 5.41 Å². The molecule has 118 valence electrons. The van der Waals surface area contributed by atoms with Gasteiger partial charge in [-0.1, -0.05) is 0 Å². The molecule has 2 rings (SSSR count). The second-order valence-electron chi connectivity index (χ2n) is 6.17. The van der Waals surface area contributed by atoms with Gasteiger partial charge in [-0.05, 0) is 38.2 Å². The summed E-state index contributed by atoms with van der Waals surface area (Å²) in [6, 6.07) is 1.94. The summed E-state index contributed by atoms with van der Waals surface area (Å²) in [5, 5.41) is 4.27. The van der Waals surface area contributed by atoms with E-state index in [0.29, 0.717) is 5.69 Å². The van der Waals surface area contributed by atoms with Crippen molar-refractivity contribution in [1.29, 1.82) is 0 Å². The second kappa shape index (κ2) is 5.79. The van der Waals surface area contributed by atoms with Gasteiger partial charge in [-0.15, -0.1) is 0 Å². The van der Waals surface area contributed by atoms with Crippen molar-refractivity contribution in [1.82, 2.24) is 9.78 Å². The van der Waals surface area contributed by atoms with Crippen LogP contribution in [0.5, 0.6) is 0 Å². The van der Waals surface area contributed by atoms with E-state index in [1.807, 2.05) is 13.8 Å². The van der Waals surface area contributed by atoms with Gasteiger partial charge in [-0.2, -0.15) is 5.10 Å². The van der Waals surface area contributed by atoms with E-state index in [4.69, 9.17) is 0 Å². The van der Waals surface area contributed by atoms with Gasteiger partial charge >= 0.3 is 5.97 Å². The van der Waals surface area contributed by atoms with Crippen molar-refractivity contribution in [3.05, 3.63) is 18.0 Å². The average molecular weight is 314 g/mol. The van der Waals surface area contributed by atoms with Gasteiger partial charge in [0.1, 0.15) is 0 Å². The van der Waals surface area contributed by atoms with Crippen molar-refractivity contribution in [3.63, 3.8) is 0 Å². The monoisotopic (exact) mass is 314 g/mol. The molecule has 0 atom stereocenters. The lowest BCUT2D eigenvalue weighted by atomic mass is 10.1. The molecule has 1 aromatic heterocycles. The molecule has 1 saturated carbocycles. The maximum Gasteiger partial charge on any atom is 0.306 e. The van der Waals surface area contributed by atoms with Gasteiger partial charge in [0.2, 0.25) is 0 Å². The molecule has 21 heavy (non-hydrogen) atoms. The predicted molar refractivity (Wildman–Crippen MR) is 78.4 cm³/mol. The summed E-state index contributed by atoms with van der Waals surface area (Å²) in [7, 11) is -1.95. The average Bonchev–Trinajstić information content (AvgIpc) is 2.94. The Labute approximate surface area is 125 Å². The summed E-state index contributed by atoms with van der Waals surface area (Å²) in [6.07, 6.45) is 3.50. The highest BCUT2D eigenvalue weighted by Crippen LogP contribution is 2.50. The van der Waals surface area contributed by atoms with Crippen LogP contribution in [0.1, 0.15) is 44.8 Å². The standard InChI is InChI=1S/C14H22N2O4S/c1-11(2)16-7-4-12(15-16)9-21(18,19)10-14(5-6-14)8-13(17)20-3/h4,7,11H,5-6,8-10H2,1-3H3. The Morgan fingerprint density at radius 1 is 1.48 bits per heavy atom. The SMILES string of the molecule is COC(=O)CC1(CS(=O)(=O)Cc2ccn(C(C)C)n2)CC1. The summed E-state index contributed by atoms with van der Waals surface area (Å²) in [4.78, 5) is 11.4. The minimum atomic E-state index is -3.28. The third-order valence-corrected chi connectivity index (χ3v) is 5.58. The van der Waals surface area contributed by atoms with Gasteiger partial charge in [0, 0.05) is 12.2 Å². The third-order valence-electron chi connectivity index (χ3n) is 3.79. The first-order valence-electron chi connectivity index (χ1n) is 7.07. The van der Waals surface area contributed by atoms with Gasteiger partial charge in [0.05, 0.1) is 30.7 Å². The van der Waals surface area contributed by atoms with Crippen LogP contribution in [0.2, 0.25) is 0 Å². The summed E-state index contributed by atoms with van der Waals surface area (Å²) in [6.45, 7) is 3.97. The Morgan fingerprint density at radius 3 is 2.62 bits per heavy atom. The number of sulfone groups is 1. The Morgan fingerprint density at radius 2 is 2.14 bits per heavy atom. The normalized spacial score (nSPS) is 17.0. The van der Waals surface area contributed by atoms with E-state index in [2.05, 4.69) is 9.84 Å². The zero-order chi connectivity index (χ0) is 15.7. The van der Waals surface area contributed by atoms with Crippen molar-refractivity contribution in [2.75, 3.05) is 12.9 Å². The minimum Gasteiger partial charge on any atom is -0.469 e. The van der Waals surface area contributed by atoms with E-state index < -0.39 is 15.3 Å². The second-order valence-corrected chi connectivity index (χ2v) is 8.23. The molecule has 1 fully saturated rings. The first kappa shape index (κ1) is 16.0. The zero-order valence-corrected chi connectivity index (χ0v) is 13.5. The molecule has 0 spiro atoms. The molecule has 0 bridgehead atoms. The van der Waals surface area contributed by atoms with E-state index in [9.17, 15) is 13.2 Å². The van der Waals surface area contributed by atoms with Crippen LogP contribution < -0.4 is 0 Å². The lowest BCUT2D eigenvalue weighted by Gasteiger charge is -2.13. The predicted octanol–water partition coefficient (Wildman–Crippen LogP) is 1.72. The van der Waals surface area contributed by atoms with Crippen LogP contribution >= 0.6 is 0 Å². The molecular formula is C14H22N2O4S. The smallest absolute Gasteiger partial charge is 0.306 e. The molecule has 7 heteroatoms. The molecule has 6 nitrogen and oxygen atoms in total. The van der Waals surface area contributed by atoms with Crippen molar-refractivity contribution < 1.29 is 17.9 Å². The van der Waals surface area contributed by atoms with Gasteiger partial charge in [-0.25, -0.2) is 8.42 Å². The highest BCUT2D eigenvalue weighted by atomic mass is 32.2. The number of esters is 1. The van der Waals surface area contributed by atoms with E-state index in [-0.39, 0.29) is 29.9 Å². The van der Waals surface area contributed by atoms with Crippen molar-refractivity contribution >= 4 is 15.8 Å². The Kier molecular flexibility index (Phi) is 4.41. The number of rotatable bonds is 7. The Hall–Kier alpha value is -1.37. The summed E-state index contributed by atoms with van der Waals surface area (Å²) >= 11 is 0. The molecule has 0 saturated heterocycles. The highest BCUT2D eigenvalue weighted by Gasteiger charge is 2.47. The number of methoxy groups -OCH3 is 1. The fourth-order valence-corrected chi connectivity index (χ4v) is 4.44. The number of nitrogens with zero attached hydrogens (tertiary/aromatic N) is 2. The maximum absolute atomic E-state index is 12.3. The summed E-state index contributed by atoms with van der Waals surface area (Å²) in [5.74, 6) is -0.383. The molecule has 0 N–H and O–H groups in total. The van der Waals surface area contributed by atoms with Gasteiger partial charge in [-0.3, -0.25) is 9.48 Å². The summed E-state index contributed by atoms with van der Waals surface area (Å²) in [5.41, 5.74) is 0.143. The lowest BCUT2D eigenvalue weighted by Crippen LogP contribution is -2.22. The number of hydrogen-bond acceptors (Lipinski definition) is 5. The fourth-order valence-electron chi connectivity index (χ4n) is 2.41. The van der Waals surface area contributed by atoms with Crippen LogP contribution in [0.15, 0.2) is 12.3 Å². The molecular weight excluding hydrogens is 292 g/mol. The van der Waals surface area contributed by atoms with Crippen LogP contribution in [-0.4, -0.2) is 37.0 Å². The van der Waals surface area contributed by atoms with E-state index in [0.717, 1.165) is 12.8 Å². The van der Waals surface area contributed by atoms with Gasteiger partial charge < -0.3 is 4.74 Å². The Balaban J connectivity index is 2.00. The van der Waals surface area contributed by atoms with Crippen LogP contribution in [-0.2, 0) is 25.1 Å². The number of ether oxygens (including phenoxy) is 1. The molecule has 0 radical (unpaired) electrons. The number of aromatic nitrogens is 2. The van der Waals surface area contributed by atoms with E-state index in [1.165, 1.54) is 7.11 Å². The van der Waals surface area contributed by atoms with Crippen molar-refractivity contribution in [3.8, 4) is 0 Å². The third kappa shape index (κ3) is 4.30. The van der Waals surface area contributed by atoms with Crippen LogP contribution in [0.3, 0.4) is 0 Å². The number of hydrogen-bond donors (Lipinski definition) is 0. The van der Waals surface area contributed by atoms with Crippen LogP contribution in [0.4, 0.5) is 0 Å². The largest absolute Gasteiger partial charge is 0.469 e. The van der Waals surface area contributed by atoms with Crippen molar-refractivity contribution in [2.45, 2.75) is 44.9 Å². The van der Waals surface area contributed by atoms with E-state index >= 15 is 0 Å². The van der Waals surface area contributed by atoms with Gasteiger partial charge in [0.25, 0.3) is 0 Å². The molecule has 0 aromatic carbocycles. The number of carbonyl (C=O) groups is 1. The zero-order valence-electron chi connectivity index (χ0n) is 12.7. The van der Waals surface area contributed by atoms with Gasteiger partial charge in [0.15, 0.2) is 9.84 Å². The molecule has 0 amide bonds. The number of carbonyl (C=O) groups excluding carboxylic acids is 1. The molecule has 1 aliphatic rings. The molecule has 0 aliphatic heterocycles. The lowest BCUT2D eigenvalue weighted by molar-refractivity contribution is -0.141. The minimum absolute atomic E-state index is 0.0314. The van der Waals surface area contributed by atoms with Crippen LogP contribution in [0.25, 0.3) is 0 Å². The molecule has 1 aliphatic carbocycles. The van der Waals surface area contributed by atoms with Crippen molar-refractivity contribution in [2.24, 2.45) is 5.41 Å².